The number of amides is 1. The van der Waals surface area contributed by atoms with E-state index in [2.05, 4.69) is 27.5 Å². The summed E-state index contributed by atoms with van der Waals surface area (Å²) in [6.45, 7) is 4.88. The molecule has 0 bridgehead atoms. The maximum absolute atomic E-state index is 11.0. The molecule has 2 aromatic heterocycles. The van der Waals surface area contributed by atoms with Crippen molar-refractivity contribution in [2.75, 3.05) is 6.54 Å². The summed E-state index contributed by atoms with van der Waals surface area (Å²) in [6.07, 6.45) is 7.46. The van der Waals surface area contributed by atoms with E-state index in [-0.39, 0.29) is 5.91 Å². The Bertz CT molecular complexity index is 738. The van der Waals surface area contributed by atoms with E-state index in [4.69, 9.17) is 10.2 Å². The zero-order valence-electron chi connectivity index (χ0n) is 16.1. The maximum Gasteiger partial charge on any atom is 0.217 e. The molecule has 2 heterocycles. The van der Waals surface area contributed by atoms with Gasteiger partial charge >= 0.3 is 0 Å². The molecular weight excluding hydrogens is 362 g/mol. The Morgan fingerprint density at radius 3 is 2.78 bits per heavy atom. The van der Waals surface area contributed by atoms with Crippen LogP contribution in [0.5, 0.6) is 0 Å². The van der Waals surface area contributed by atoms with Crippen LogP contribution in [0.4, 0.5) is 5.13 Å². The van der Waals surface area contributed by atoms with Crippen molar-refractivity contribution in [1.82, 2.24) is 15.6 Å². The highest BCUT2D eigenvalue weighted by Gasteiger charge is 2.09. The minimum atomic E-state index is -0.0952. The number of nitrogens with one attached hydrogen (secondary N) is 2. The second kappa shape index (κ2) is 11.4. The zero-order chi connectivity index (χ0) is 19.5. The Hall–Kier alpha value is -2.35. The van der Waals surface area contributed by atoms with Gasteiger partial charge in [0.05, 0.1) is 6.54 Å². The summed E-state index contributed by atoms with van der Waals surface area (Å²) in [6, 6.07) is 3.66. The van der Waals surface area contributed by atoms with Crippen LogP contribution in [0, 0.1) is 0 Å². The molecule has 27 heavy (non-hydrogen) atoms. The molecule has 0 saturated carbocycles. The van der Waals surface area contributed by atoms with Gasteiger partial charge in [0.25, 0.3) is 0 Å². The van der Waals surface area contributed by atoms with Gasteiger partial charge in [-0.05, 0) is 18.6 Å². The molecule has 0 radical (unpaired) electrons. The number of rotatable bonds is 11. The molecule has 0 fully saturated rings. The molecule has 0 aromatic carbocycles. The van der Waals surface area contributed by atoms with Crippen LogP contribution in [0.3, 0.4) is 0 Å². The summed E-state index contributed by atoms with van der Waals surface area (Å²) < 4.78 is 5.69. The minimum absolute atomic E-state index is 0.0952. The summed E-state index contributed by atoms with van der Waals surface area (Å²) in [5.74, 6) is 1.61. The molecule has 8 heteroatoms. The highest BCUT2D eigenvalue weighted by Crippen LogP contribution is 2.28. The van der Waals surface area contributed by atoms with Gasteiger partial charge in [0.15, 0.2) is 11.7 Å². The molecule has 148 valence electrons. The van der Waals surface area contributed by atoms with Crippen LogP contribution in [-0.4, -0.2) is 23.4 Å². The van der Waals surface area contributed by atoms with Gasteiger partial charge in [-0.1, -0.05) is 39.0 Å². The van der Waals surface area contributed by atoms with Gasteiger partial charge in [0, 0.05) is 18.8 Å². The third-order valence-corrected chi connectivity index (χ3v) is 4.70. The Morgan fingerprint density at radius 1 is 1.22 bits per heavy atom. The summed E-state index contributed by atoms with van der Waals surface area (Å²) in [7, 11) is 0. The number of thiazole rings is 1. The van der Waals surface area contributed by atoms with E-state index in [1.54, 1.807) is 0 Å². The largest absolute Gasteiger partial charge is 0.458 e. The van der Waals surface area contributed by atoms with Gasteiger partial charge in [-0.2, -0.15) is 4.99 Å². The number of aliphatic imine (C=N–C) groups is 1. The van der Waals surface area contributed by atoms with Crippen molar-refractivity contribution in [3.63, 3.8) is 0 Å². The van der Waals surface area contributed by atoms with E-state index in [9.17, 15) is 4.79 Å². The highest BCUT2D eigenvalue weighted by atomic mass is 32.1. The fourth-order valence-corrected chi connectivity index (χ4v) is 3.20. The molecule has 0 aliphatic carbocycles. The molecule has 1 amide bonds. The Kier molecular flexibility index (Phi) is 8.83. The first-order chi connectivity index (χ1) is 13.1. The minimum Gasteiger partial charge on any atom is -0.458 e. The Labute approximate surface area is 164 Å². The van der Waals surface area contributed by atoms with Crippen LogP contribution in [0.15, 0.2) is 26.9 Å². The van der Waals surface area contributed by atoms with E-state index in [0.717, 1.165) is 13.0 Å². The lowest BCUT2D eigenvalue weighted by atomic mass is 10.1. The normalized spacial score (nSPS) is 11.6. The smallest absolute Gasteiger partial charge is 0.217 e. The zero-order valence-corrected chi connectivity index (χ0v) is 16.9. The molecular formula is C19H29N5O2S. The number of unbranched alkanes of at least 4 members (excludes halogenated alkanes) is 5. The maximum atomic E-state index is 11.0. The van der Waals surface area contributed by atoms with Gasteiger partial charge in [0.1, 0.15) is 11.5 Å². The summed E-state index contributed by atoms with van der Waals surface area (Å²) in [5, 5.41) is 8.29. The van der Waals surface area contributed by atoms with E-state index < -0.39 is 0 Å². The number of hydrogen-bond donors (Lipinski definition) is 3. The van der Waals surface area contributed by atoms with Gasteiger partial charge in [-0.25, -0.2) is 4.98 Å². The lowest BCUT2D eigenvalue weighted by Crippen LogP contribution is -2.31. The van der Waals surface area contributed by atoms with Crippen molar-refractivity contribution in [2.24, 2.45) is 10.7 Å². The molecule has 0 spiro atoms. The van der Waals surface area contributed by atoms with Crippen LogP contribution in [0.25, 0.3) is 11.5 Å². The predicted octanol–water partition coefficient (Wildman–Crippen LogP) is 3.94. The number of nitrogens with zero attached hydrogens (tertiary/aromatic N) is 2. The molecule has 0 aliphatic heterocycles. The summed E-state index contributed by atoms with van der Waals surface area (Å²) in [4.78, 5) is 19.7. The molecule has 0 atom stereocenters. The lowest BCUT2D eigenvalue weighted by Gasteiger charge is -2.04. The number of carbonyl (C=O) groups is 1. The Balaban J connectivity index is 1.79. The standard InChI is InChI=1S/C19H29N5O2S/c1-3-4-5-6-7-8-11-21-18(20)24-19-23-16(13-27-19)17-10-9-15(26-17)12-22-14(2)25/h9-10,13H,3-8,11-12H2,1-2H3,(H,22,25)(H3,20,21,23,24). The summed E-state index contributed by atoms with van der Waals surface area (Å²) in [5.41, 5.74) is 6.64. The van der Waals surface area contributed by atoms with Crippen molar-refractivity contribution in [2.45, 2.75) is 58.9 Å². The fourth-order valence-electron chi connectivity index (χ4n) is 2.52. The number of nitrogens with two attached hydrogens (primary N) is 1. The van der Waals surface area contributed by atoms with Crippen molar-refractivity contribution in [1.29, 1.82) is 0 Å². The first-order valence-corrected chi connectivity index (χ1v) is 10.3. The number of guanidine groups is 1. The fraction of sp³-hybridized carbons (Fsp3) is 0.526. The molecule has 4 N–H and O–H groups in total. The third-order valence-electron chi connectivity index (χ3n) is 3.97. The molecule has 7 nitrogen and oxygen atoms in total. The molecule has 0 unspecified atom stereocenters. The SMILES string of the molecule is CCCCCCCCN/C(N)=N/c1nc(-c2ccc(CNC(C)=O)o2)cs1. The van der Waals surface area contributed by atoms with Crippen molar-refractivity contribution < 1.29 is 9.21 Å². The molecule has 2 aromatic rings. The number of furan rings is 1. The monoisotopic (exact) mass is 391 g/mol. The quantitative estimate of drug-likeness (QED) is 0.306. The van der Waals surface area contributed by atoms with Gasteiger partial charge in [-0.3, -0.25) is 4.79 Å². The average Bonchev–Trinajstić information content (AvgIpc) is 3.28. The predicted molar refractivity (Wildman–Crippen MR) is 110 cm³/mol. The van der Waals surface area contributed by atoms with Crippen LogP contribution >= 0.6 is 11.3 Å². The van der Waals surface area contributed by atoms with E-state index in [0.29, 0.717) is 34.9 Å². The van der Waals surface area contributed by atoms with Crippen molar-refractivity contribution >= 4 is 28.3 Å². The van der Waals surface area contributed by atoms with Crippen LogP contribution in [-0.2, 0) is 11.3 Å². The van der Waals surface area contributed by atoms with E-state index >= 15 is 0 Å². The third kappa shape index (κ3) is 7.82. The second-order valence-corrected chi connectivity index (χ2v) is 7.22. The van der Waals surface area contributed by atoms with Gasteiger partial charge < -0.3 is 20.8 Å². The van der Waals surface area contributed by atoms with Crippen molar-refractivity contribution in [3.8, 4) is 11.5 Å². The van der Waals surface area contributed by atoms with Gasteiger partial charge in [0.2, 0.25) is 11.0 Å². The number of hydrogen-bond acceptors (Lipinski definition) is 5. The van der Waals surface area contributed by atoms with E-state index in [1.807, 2.05) is 17.5 Å². The van der Waals surface area contributed by atoms with Crippen LogP contribution in [0.1, 0.15) is 58.1 Å². The van der Waals surface area contributed by atoms with Crippen LogP contribution in [0.2, 0.25) is 0 Å². The first-order valence-electron chi connectivity index (χ1n) is 9.45. The van der Waals surface area contributed by atoms with Crippen molar-refractivity contribution in [3.05, 3.63) is 23.3 Å². The second-order valence-electron chi connectivity index (χ2n) is 6.38. The molecule has 0 aliphatic rings. The number of carbonyl (C=O) groups excluding carboxylic acids is 1. The van der Waals surface area contributed by atoms with E-state index in [1.165, 1.54) is 50.4 Å². The molecule has 0 saturated heterocycles. The Morgan fingerprint density at radius 2 is 2.00 bits per heavy atom. The molecule has 2 rings (SSSR count). The lowest BCUT2D eigenvalue weighted by molar-refractivity contribution is -0.119. The first kappa shape index (κ1) is 21.0. The van der Waals surface area contributed by atoms with Gasteiger partial charge in [-0.15, -0.1) is 11.3 Å². The average molecular weight is 392 g/mol. The van der Waals surface area contributed by atoms with Crippen LogP contribution < -0.4 is 16.4 Å². The topological polar surface area (TPSA) is 106 Å². The summed E-state index contributed by atoms with van der Waals surface area (Å²) >= 11 is 1.40. The highest BCUT2D eigenvalue weighted by molar-refractivity contribution is 7.13. The number of aromatic nitrogens is 1.